The molecule has 0 saturated carbocycles. The summed E-state index contributed by atoms with van der Waals surface area (Å²) in [6.07, 6.45) is 2.71. The Balaban J connectivity index is 2.91. The lowest BCUT2D eigenvalue weighted by Crippen LogP contribution is -2.36. The van der Waals surface area contributed by atoms with Gasteiger partial charge in [0.1, 0.15) is 5.82 Å². The van der Waals surface area contributed by atoms with Gasteiger partial charge in [-0.1, -0.05) is 36.2 Å². The summed E-state index contributed by atoms with van der Waals surface area (Å²) >= 11 is 6.02. The molecule has 1 N–H and O–H groups in total. The maximum atomic E-state index is 13.7. The fourth-order valence-corrected chi connectivity index (χ4v) is 1.73. The number of hydrogen-bond donors (Lipinski definition) is 1. The SMILES string of the molecule is CCC(=Cc1c(F)cccc1Cl)CNC(C)(C)C. The summed E-state index contributed by atoms with van der Waals surface area (Å²) in [5, 5.41) is 3.85. The summed E-state index contributed by atoms with van der Waals surface area (Å²) in [4.78, 5) is 0. The molecule has 0 unspecified atom stereocenters. The predicted octanol–water partition coefficient (Wildman–Crippen LogP) is 4.66. The van der Waals surface area contributed by atoms with Crippen LogP contribution >= 0.6 is 11.6 Å². The molecular formula is C15H21ClFN. The van der Waals surface area contributed by atoms with Crippen LogP contribution in [0.25, 0.3) is 6.08 Å². The van der Waals surface area contributed by atoms with Gasteiger partial charge in [0.25, 0.3) is 0 Å². The normalized spacial score (nSPS) is 12.9. The Morgan fingerprint density at radius 3 is 2.56 bits per heavy atom. The van der Waals surface area contributed by atoms with E-state index >= 15 is 0 Å². The molecule has 0 aliphatic rings. The van der Waals surface area contributed by atoms with E-state index in [1.165, 1.54) is 6.07 Å². The Morgan fingerprint density at radius 1 is 1.39 bits per heavy atom. The van der Waals surface area contributed by atoms with E-state index in [9.17, 15) is 4.39 Å². The summed E-state index contributed by atoms with van der Waals surface area (Å²) in [7, 11) is 0. The smallest absolute Gasteiger partial charge is 0.131 e. The van der Waals surface area contributed by atoms with Crippen molar-refractivity contribution in [3.05, 3.63) is 40.2 Å². The first kappa shape index (κ1) is 15.2. The van der Waals surface area contributed by atoms with Gasteiger partial charge in [0, 0.05) is 17.6 Å². The third kappa shape index (κ3) is 4.79. The van der Waals surface area contributed by atoms with E-state index in [0.29, 0.717) is 10.6 Å². The quantitative estimate of drug-likeness (QED) is 0.838. The highest BCUT2D eigenvalue weighted by molar-refractivity contribution is 6.32. The average molecular weight is 270 g/mol. The topological polar surface area (TPSA) is 12.0 Å². The van der Waals surface area contributed by atoms with Gasteiger partial charge in [0.15, 0.2) is 0 Å². The lowest BCUT2D eigenvalue weighted by atomic mass is 10.1. The molecule has 1 rings (SSSR count). The highest BCUT2D eigenvalue weighted by Gasteiger charge is 2.10. The molecule has 100 valence electrons. The van der Waals surface area contributed by atoms with Crippen molar-refractivity contribution in [1.29, 1.82) is 0 Å². The summed E-state index contributed by atoms with van der Waals surface area (Å²) < 4.78 is 13.7. The van der Waals surface area contributed by atoms with Crippen molar-refractivity contribution in [3.8, 4) is 0 Å². The standard InChI is InChI=1S/C15H21ClFN/c1-5-11(10-18-15(2,3)4)9-12-13(16)7-6-8-14(12)17/h6-9,18H,5,10H2,1-4H3. The third-order valence-electron chi connectivity index (χ3n) is 2.65. The van der Waals surface area contributed by atoms with Gasteiger partial charge in [-0.25, -0.2) is 4.39 Å². The minimum absolute atomic E-state index is 0.0489. The number of benzene rings is 1. The molecule has 3 heteroatoms. The third-order valence-corrected chi connectivity index (χ3v) is 2.98. The lowest BCUT2D eigenvalue weighted by molar-refractivity contribution is 0.443. The fraction of sp³-hybridized carbons (Fsp3) is 0.467. The Kier molecular flexibility index (Phi) is 5.36. The predicted molar refractivity (Wildman–Crippen MR) is 77.4 cm³/mol. The zero-order valence-electron chi connectivity index (χ0n) is 11.5. The molecular weight excluding hydrogens is 249 g/mol. The van der Waals surface area contributed by atoms with Crippen LogP contribution < -0.4 is 5.32 Å². The Morgan fingerprint density at radius 2 is 2.06 bits per heavy atom. The van der Waals surface area contributed by atoms with Crippen LogP contribution in [0.5, 0.6) is 0 Å². The summed E-state index contributed by atoms with van der Waals surface area (Å²) in [5.41, 5.74) is 1.66. The van der Waals surface area contributed by atoms with Crippen molar-refractivity contribution in [2.75, 3.05) is 6.54 Å². The molecule has 1 aromatic carbocycles. The molecule has 0 radical (unpaired) electrons. The van der Waals surface area contributed by atoms with E-state index in [4.69, 9.17) is 11.6 Å². The number of rotatable bonds is 4. The maximum Gasteiger partial charge on any atom is 0.131 e. The van der Waals surface area contributed by atoms with Gasteiger partial charge in [-0.3, -0.25) is 0 Å². The Bertz CT molecular complexity index is 412. The van der Waals surface area contributed by atoms with E-state index in [0.717, 1.165) is 18.5 Å². The van der Waals surface area contributed by atoms with Gasteiger partial charge in [-0.15, -0.1) is 0 Å². The molecule has 0 spiro atoms. The van der Waals surface area contributed by atoms with E-state index < -0.39 is 0 Å². The molecule has 0 aliphatic carbocycles. The van der Waals surface area contributed by atoms with Crippen molar-refractivity contribution in [2.24, 2.45) is 0 Å². The molecule has 1 nitrogen and oxygen atoms in total. The minimum Gasteiger partial charge on any atom is -0.308 e. The van der Waals surface area contributed by atoms with Crippen molar-refractivity contribution in [3.63, 3.8) is 0 Å². The van der Waals surface area contributed by atoms with E-state index in [1.54, 1.807) is 12.1 Å². The zero-order valence-corrected chi connectivity index (χ0v) is 12.2. The first-order chi connectivity index (χ1) is 8.33. The van der Waals surface area contributed by atoms with E-state index in [2.05, 4.69) is 33.0 Å². The Hall–Kier alpha value is -0.860. The van der Waals surface area contributed by atoms with E-state index in [-0.39, 0.29) is 11.4 Å². The summed E-state index contributed by atoms with van der Waals surface area (Å²) in [6.45, 7) is 9.12. The van der Waals surface area contributed by atoms with Crippen molar-refractivity contribution < 1.29 is 4.39 Å². The molecule has 1 aromatic rings. The van der Waals surface area contributed by atoms with Crippen LogP contribution in [0.2, 0.25) is 5.02 Å². The second-order valence-corrected chi connectivity index (χ2v) is 5.80. The monoisotopic (exact) mass is 269 g/mol. The van der Waals surface area contributed by atoms with Crippen LogP contribution in [0.3, 0.4) is 0 Å². The lowest BCUT2D eigenvalue weighted by Gasteiger charge is -2.21. The van der Waals surface area contributed by atoms with E-state index in [1.807, 2.05) is 6.08 Å². The van der Waals surface area contributed by atoms with Gasteiger partial charge in [-0.2, -0.15) is 0 Å². The molecule has 0 fully saturated rings. The molecule has 0 saturated heterocycles. The van der Waals surface area contributed by atoms with Crippen molar-refractivity contribution in [1.82, 2.24) is 5.32 Å². The van der Waals surface area contributed by atoms with Gasteiger partial charge < -0.3 is 5.32 Å². The van der Waals surface area contributed by atoms with Crippen LogP contribution in [0, 0.1) is 5.82 Å². The van der Waals surface area contributed by atoms with Crippen LogP contribution in [0.1, 0.15) is 39.7 Å². The summed E-state index contributed by atoms with van der Waals surface area (Å²) in [6, 6.07) is 4.76. The highest BCUT2D eigenvalue weighted by atomic mass is 35.5. The Labute approximate surface area is 114 Å². The van der Waals surface area contributed by atoms with Gasteiger partial charge in [0.05, 0.1) is 5.02 Å². The van der Waals surface area contributed by atoms with Crippen LogP contribution in [-0.2, 0) is 0 Å². The number of hydrogen-bond acceptors (Lipinski definition) is 1. The molecule has 0 aliphatic heterocycles. The number of nitrogens with one attached hydrogen (secondary N) is 1. The van der Waals surface area contributed by atoms with Crippen LogP contribution in [-0.4, -0.2) is 12.1 Å². The molecule has 0 amide bonds. The second kappa shape index (κ2) is 6.35. The second-order valence-electron chi connectivity index (χ2n) is 5.40. The molecule has 0 heterocycles. The van der Waals surface area contributed by atoms with Gasteiger partial charge >= 0.3 is 0 Å². The van der Waals surface area contributed by atoms with Crippen LogP contribution in [0.4, 0.5) is 4.39 Å². The summed E-state index contributed by atoms with van der Waals surface area (Å²) in [5.74, 6) is -0.274. The zero-order chi connectivity index (χ0) is 13.8. The van der Waals surface area contributed by atoms with Crippen molar-refractivity contribution >= 4 is 17.7 Å². The van der Waals surface area contributed by atoms with Crippen LogP contribution in [0.15, 0.2) is 23.8 Å². The molecule has 0 bridgehead atoms. The molecule has 0 atom stereocenters. The largest absolute Gasteiger partial charge is 0.308 e. The average Bonchev–Trinajstić information content (AvgIpc) is 2.26. The fourth-order valence-electron chi connectivity index (χ4n) is 1.51. The first-order valence-corrected chi connectivity index (χ1v) is 6.60. The van der Waals surface area contributed by atoms with Crippen molar-refractivity contribution in [2.45, 2.75) is 39.7 Å². The van der Waals surface area contributed by atoms with Gasteiger partial charge in [0.2, 0.25) is 0 Å². The maximum absolute atomic E-state index is 13.7. The molecule has 18 heavy (non-hydrogen) atoms. The minimum atomic E-state index is -0.274. The highest BCUT2D eigenvalue weighted by Crippen LogP contribution is 2.22. The first-order valence-electron chi connectivity index (χ1n) is 6.22. The molecule has 0 aromatic heterocycles. The van der Waals surface area contributed by atoms with Gasteiger partial charge in [-0.05, 0) is 39.3 Å². The number of halogens is 2.